The Kier molecular flexibility index (Phi) is 8.81. The van der Waals surface area contributed by atoms with Crippen LogP contribution in [0, 0.1) is 5.82 Å². The molecule has 1 heterocycles. The molecule has 160 valence electrons. The normalized spacial score (nSPS) is 11.3. The van der Waals surface area contributed by atoms with Crippen LogP contribution in [0.4, 0.5) is 15.8 Å². The number of carbonyl (C=O) groups excluding carboxylic acids is 4. The summed E-state index contributed by atoms with van der Waals surface area (Å²) >= 11 is 2.14. The number of amides is 2. The predicted octanol–water partition coefficient (Wildman–Crippen LogP) is 2.92. The van der Waals surface area contributed by atoms with Gasteiger partial charge in [-0.05, 0) is 42.6 Å². The molecule has 2 aromatic rings. The number of methoxy groups -OCH3 is 1. The summed E-state index contributed by atoms with van der Waals surface area (Å²) in [5.74, 6) is -2.67. The summed E-state index contributed by atoms with van der Waals surface area (Å²) in [5, 5.41) is 5.98. The molecule has 0 aliphatic rings. The van der Waals surface area contributed by atoms with E-state index in [0.29, 0.717) is 5.69 Å². The van der Waals surface area contributed by atoms with Crippen LogP contribution >= 0.6 is 23.1 Å². The Hall–Kier alpha value is -2.92. The highest BCUT2D eigenvalue weighted by Gasteiger charge is 2.20. The average Bonchev–Trinajstić information content (AvgIpc) is 3.19. The predicted molar refractivity (Wildman–Crippen MR) is 112 cm³/mol. The highest BCUT2D eigenvalue weighted by molar-refractivity contribution is 8.01. The van der Waals surface area contributed by atoms with Crippen LogP contribution < -0.4 is 10.6 Å². The molecular weight excluding hydrogens is 435 g/mol. The molecular formula is C19H19FN2O6S2. The van der Waals surface area contributed by atoms with E-state index in [1.54, 1.807) is 12.3 Å². The number of nitrogens with one attached hydrogen (secondary N) is 2. The van der Waals surface area contributed by atoms with Gasteiger partial charge in [-0.3, -0.25) is 14.4 Å². The van der Waals surface area contributed by atoms with Crippen LogP contribution in [-0.4, -0.2) is 48.5 Å². The summed E-state index contributed by atoms with van der Waals surface area (Å²) in [6.07, 6.45) is 0. The number of ether oxygens (including phenoxy) is 2. The van der Waals surface area contributed by atoms with Crippen molar-refractivity contribution >= 4 is 58.2 Å². The number of hydrogen-bond donors (Lipinski definition) is 2. The molecule has 1 unspecified atom stereocenters. The fourth-order valence-corrected chi connectivity index (χ4v) is 3.54. The maximum atomic E-state index is 12.9. The summed E-state index contributed by atoms with van der Waals surface area (Å²) in [6, 6.07) is 6.82. The lowest BCUT2D eigenvalue weighted by Crippen LogP contribution is -2.26. The molecule has 0 aliphatic carbocycles. The van der Waals surface area contributed by atoms with Gasteiger partial charge in [0.2, 0.25) is 5.91 Å². The topological polar surface area (TPSA) is 111 Å². The van der Waals surface area contributed by atoms with E-state index < -0.39 is 35.5 Å². The van der Waals surface area contributed by atoms with Gasteiger partial charge in [0, 0.05) is 5.69 Å². The maximum absolute atomic E-state index is 12.9. The van der Waals surface area contributed by atoms with Gasteiger partial charge < -0.3 is 20.1 Å². The van der Waals surface area contributed by atoms with Crippen LogP contribution in [0.3, 0.4) is 0 Å². The van der Waals surface area contributed by atoms with Crippen LogP contribution in [0.25, 0.3) is 0 Å². The van der Waals surface area contributed by atoms with E-state index in [1.807, 2.05) is 0 Å². The second-order valence-corrected chi connectivity index (χ2v) is 8.06. The standard InChI is InChI=1S/C19H19FN2O6S2/c1-11(30-10-16(24)21-13-5-3-12(20)4-6-13)18(25)28-9-15(23)22-14-7-8-29-17(14)19(26)27-2/h3-8,11H,9-10H2,1-2H3,(H,21,24)(H,22,23). The zero-order valence-corrected chi connectivity index (χ0v) is 17.7. The number of anilines is 2. The molecule has 0 saturated carbocycles. The number of rotatable bonds is 9. The minimum Gasteiger partial charge on any atom is -0.465 e. The summed E-state index contributed by atoms with van der Waals surface area (Å²) in [7, 11) is 1.23. The average molecular weight is 455 g/mol. The summed E-state index contributed by atoms with van der Waals surface area (Å²) in [6.45, 7) is 1.01. The highest BCUT2D eigenvalue weighted by atomic mass is 32.2. The molecule has 0 saturated heterocycles. The minimum absolute atomic E-state index is 0.0305. The first kappa shape index (κ1) is 23.4. The van der Waals surface area contributed by atoms with Crippen molar-refractivity contribution in [2.45, 2.75) is 12.2 Å². The van der Waals surface area contributed by atoms with E-state index in [-0.39, 0.29) is 22.2 Å². The van der Waals surface area contributed by atoms with Crippen molar-refractivity contribution in [1.29, 1.82) is 0 Å². The van der Waals surface area contributed by atoms with Crippen molar-refractivity contribution < 1.29 is 33.0 Å². The van der Waals surface area contributed by atoms with Crippen LogP contribution in [0.1, 0.15) is 16.6 Å². The molecule has 0 aliphatic heterocycles. The molecule has 1 atom stereocenters. The lowest BCUT2D eigenvalue weighted by Gasteiger charge is -2.11. The van der Waals surface area contributed by atoms with Crippen molar-refractivity contribution in [3.8, 4) is 0 Å². The lowest BCUT2D eigenvalue weighted by atomic mass is 10.3. The van der Waals surface area contributed by atoms with Crippen molar-refractivity contribution in [3.05, 3.63) is 46.4 Å². The van der Waals surface area contributed by atoms with E-state index in [9.17, 15) is 23.6 Å². The first-order valence-corrected chi connectivity index (χ1v) is 10.5. The maximum Gasteiger partial charge on any atom is 0.350 e. The molecule has 0 fully saturated rings. The largest absolute Gasteiger partial charge is 0.465 e. The third-order valence-corrected chi connectivity index (χ3v) is 5.60. The van der Waals surface area contributed by atoms with E-state index in [4.69, 9.17) is 4.74 Å². The van der Waals surface area contributed by atoms with Gasteiger partial charge in [0.25, 0.3) is 5.91 Å². The Morgan fingerprint density at radius 3 is 2.47 bits per heavy atom. The molecule has 1 aromatic carbocycles. The number of halogens is 1. The van der Waals surface area contributed by atoms with Gasteiger partial charge >= 0.3 is 11.9 Å². The van der Waals surface area contributed by atoms with Crippen LogP contribution in [-0.2, 0) is 23.9 Å². The molecule has 2 rings (SSSR count). The van der Waals surface area contributed by atoms with Gasteiger partial charge in [-0.1, -0.05) is 0 Å². The Balaban J connectivity index is 1.73. The number of thiophene rings is 1. The summed E-state index contributed by atoms with van der Waals surface area (Å²) < 4.78 is 22.4. The molecule has 2 amide bonds. The first-order chi connectivity index (χ1) is 14.3. The second-order valence-electron chi connectivity index (χ2n) is 5.82. The van der Waals surface area contributed by atoms with Gasteiger partial charge in [-0.15, -0.1) is 23.1 Å². The van der Waals surface area contributed by atoms with Crippen molar-refractivity contribution in [2.75, 3.05) is 30.1 Å². The van der Waals surface area contributed by atoms with E-state index in [0.717, 1.165) is 23.1 Å². The van der Waals surface area contributed by atoms with E-state index >= 15 is 0 Å². The number of hydrogen-bond acceptors (Lipinski definition) is 8. The van der Waals surface area contributed by atoms with Crippen LogP contribution in [0.2, 0.25) is 0 Å². The summed E-state index contributed by atoms with van der Waals surface area (Å²) in [5.41, 5.74) is 0.710. The highest BCUT2D eigenvalue weighted by Crippen LogP contribution is 2.23. The van der Waals surface area contributed by atoms with E-state index in [2.05, 4.69) is 15.4 Å². The fraction of sp³-hybridized carbons (Fsp3) is 0.263. The zero-order valence-electron chi connectivity index (χ0n) is 16.1. The molecule has 2 N–H and O–H groups in total. The Morgan fingerprint density at radius 2 is 1.80 bits per heavy atom. The Bertz CT molecular complexity index is 916. The third kappa shape index (κ3) is 7.16. The Labute approximate surface area is 180 Å². The van der Waals surface area contributed by atoms with Crippen LogP contribution in [0.15, 0.2) is 35.7 Å². The van der Waals surface area contributed by atoms with Gasteiger partial charge in [0.1, 0.15) is 15.9 Å². The monoisotopic (exact) mass is 454 g/mol. The minimum atomic E-state index is -0.691. The number of carbonyl (C=O) groups is 4. The van der Waals surface area contributed by atoms with E-state index in [1.165, 1.54) is 37.4 Å². The quantitative estimate of drug-likeness (QED) is 0.561. The SMILES string of the molecule is COC(=O)c1sccc1NC(=O)COC(=O)C(C)SCC(=O)Nc1ccc(F)cc1. The molecule has 0 spiro atoms. The molecule has 1 aromatic heterocycles. The second kappa shape index (κ2) is 11.3. The van der Waals surface area contributed by atoms with Gasteiger partial charge in [0.15, 0.2) is 6.61 Å². The van der Waals surface area contributed by atoms with Crippen LogP contribution in [0.5, 0.6) is 0 Å². The molecule has 0 radical (unpaired) electrons. The third-order valence-electron chi connectivity index (χ3n) is 3.58. The lowest BCUT2D eigenvalue weighted by molar-refractivity contribution is -0.146. The molecule has 30 heavy (non-hydrogen) atoms. The van der Waals surface area contributed by atoms with Crippen molar-refractivity contribution in [3.63, 3.8) is 0 Å². The zero-order chi connectivity index (χ0) is 22.1. The Morgan fingerprint density at radius 1 is 1.10 bits per heavy atom. The fourth-order valence-electron chi connectivity index (χ4n) is 2.10. The molecule has 11 heteroatoms. The number of esters is 2. The summed E-state index contributed by atoms with van der Waals surface area (Å²) in [4.78, 5) is 47.7. The molecule has 8 nitrogen and oxygen atoms in total. The molecule has 0 bridgehead atoms. The van der Waals surface area contributed by atoms with Crippen molar-refractivity contribution in [1.82, 2.24) is 0 Å². The van der Waals surface area contributed by atoms with Crippen molar-refractivity contribution in [2.24, 2.45) is 0 Å². The number of thioether (sulfide) groups is 1. The first-order valence-electron chi connectivity index (χ1n) is 8.59. The van der Waals surface area contributed by atoms with Gasteiger partial charge in [-0.25, -0.2) is 9.18 Å². The smallest absolute Gasteiger partial charge is 0.350 e. The van der Waals surface area contributed by atoms with Gasteiger partial charge in [0.05, 0.1) is 18.6 Å². The van der Waals surface area contributed by atoms with Gasteiger partial charge in [-0.2, -0.15) is 0 Å². The number of benzene rings is 1.